The molecule has 2 rings (SSSR count). The van der Waals surface area contributed by atoms with Gasteiger partial charge in [-0.2, -0.15) is 0 Å². The Morgan fingerprint density at radius 2 is 2.00 bits per heavy atom. The van der Waals surface area contributed by atoms with Crippen LogP contribution in [0.4, 0.5) is 10.1 Å². The molecule has 0 aromatic heterocycles. The molecule has 4 heteroatoms. The smallest absolute Gasteiger partial charge is 0.137 e. The fraction of sp³-hybridized carbons (Fsp3) is 0.143. The molecule has 18 heavy (non-hydrogen) atoms. The van der Waals surface area contributed by atoms with Crippen LogP contribution in [-0.2, 0) is 5.75 Å². The molecule has 0 saturated carbocycles. The highest BCUT2D eigenvalue weighted by Gasteiger charge is 2.03. The van der Waals surface area contributed by atoms with Crippen molar-refractivity contribution in [3.05, 3.63) is 57.8 Å². The third-order valence-corrected chi connectivity index (χ3v) is 4.43. The summed E-state index contributed by atoms with van der Waals surface area (Å²) in [6, 6.07) is 11.0. The molecule has 0 amide bonds. The number of thioether (sulfide) groups is 1. The highest BCUT2D eigenvalue weighted by molar-refractivity contribution is 9.10. The van der Waals surface area contributed by atoms with Crippen LogP contribution in [0.1, 0.15) is 11.1 Å². The third kappa shape index (κ3) is 3.27. The molecule has 0 fully saturated rings. The first-order valence-electron chi connectivity index (χ1n) is 5.49. The van der Waals surface area contributed by atoms with E-state index in [1.807, 2.05) is 31.2 Å². The van der Waals surface area contributed by atoms with E-state index in [2.05, 4.69) is 15.9 Å². The van der Waals surface area contributed by atoms with Crippen molar-refractivity contribution >= 4 is 33.4 Å². The van der Waals surface area contributed by atoms with Crippen LogP contribution in [0.2, 0.25) is 0 Å². The Hall–Kier alpha value is -1.00. The predicted molar refractivity (Wildman–Crippen MR) is 79.3 cm³/mol. The number of aryl methyl sites for hydroxylation is 1. The number of rotatable bonds is 3. The fourth-order valence-electron chi connectivity index (χ4n) is 1.63. The molecule has 0 aliphatic carbocycles. The Bertz CT molecular complexity index is 572. The van der Waals surface area contributed by atoms with Gasteiger partial charge in [0, 0.05) is 16.3 Å². The molecule has 2 aromatic carbocycles. The van der Waals surface area contributed by atoms with Gasteiger partial charge in [0.15, 0.2) is 0 Å². The number of nitrogen functional groups attached to an aromatic ring is 1. The molecule has 0 spiro atoms. The molecule has 0 atom stereocenters. The van der Waals surface area contributed by atoms with Gasteiger partial charge in [0.2, 0.25) is 0 Å². The minimum absolute atomic E-state index is 0.229. The Morgan fingerprint density at radius 3 is 2.67 bits per heavy atom. The zero-order valence-corrected chi connectivity index (χ0v) is 12.3. The molecule has 94 valence electrons. The molecule has 0 radical (unpaired) electrons. The van der Waals surface area contributed by atoms with Crippen molar-refractivity contribution in [2.24, 2.45) is 0 Å². The first-order valence-corrected chi connectivity index (χ1v) is 7.27. The highest BCUT2D eigenvalue weighted by atomic mass is 79.9. The first kappa shape index (κ1) is 13.4. The molecule has 0 heterocycles. The van der Waals surface area contributed by atoms with Crippen LogP contribution in [-0.4, -0.2) is 0 Å². The minimum atomic E-state index is -0.229. The lowest BCUT2D eigenvalue weighted by atomic mass is 10.2. The summed E-state index contributed by atoms with van der Waals surface area (Å²) >= 11 is 4.92. The lowest BCUT2D eigenvalue weighted by Gasteiger charge is -2.07. The van der Waals surface area contributed by atoms with Crippen LogP contribution in [0.15, 0.2) is 45.8 Å². The summed E-state index contributed by atoms with van der Waals surface area (Å²) < 4.78 is 13.6. The topological polar surface area (TPSA) is 26.0 Å². The van der Waals surface area contributed by atoms with Crippen molar-refractivity contribution in [2.45, 2.75) is 17.6 Å². The summed E-state index contributed by atoms with van der Waals surface area (Å²) in [6.45, 7) is 2.04. The van der Waals surface area contributed by atoms with Crippen LogP contribution >= 0.6 is 27.7 Å². The number of benzene rings is 2. The summed E-state index contributed by atoms with van der Waals surface area (Å²) in [5.74, 6) is 0.580. The van der Waals surface area contributed by atoms with Crippen molar-refractivity contribution in [1.29, 1.82) is 0 Å². The van der Waals surface area contributed by atoms with Gasteiger partial charge in [-0.1, -0.05) is 6.07 Å². The third-order valence-electron chi connectivity index (χ3n) is 2.58. The van der Waals surface area contributed by atoms with Gasteiger partial charge in [0.25, 0.3) is 0 Å². The number of hydrogen-bond acceptors (Lipinski definition) is 2. The minimum Gasteiger partial charge on any atom is -0.399 e. The van der Waals surface area contributed by atoms with Gasteiger partial charge in [-0.15, -0.1) is 11.8 Å². The lowest BCUT2D eigenvalue weighted by molar-refractivity contribution is 0.620. The zero-order valence-electron chi connectivity index (χ0n) is 9.91. The second-order valence-corrected chi connectivity index (χ2v) is 5.93. The van der Waals surface area contributed by atoms with E-state index in [1.165, 1.54) is 16.5 Å². The Morgan fingerprint density at radius 1 is 1.22 bits per heavy atom. The van der Waals surface area contributed by atoms with Gasteiger partial charge in [-0.05, 0) is 64.3 Å². The Kier molecular flexibility index (Phi) is 4.30. The van der Waals surface area contributed by atoms with Crippen molar-refractivity contribution in [3.8, 4) is 0 Å². The maximum absolute atomic E-state index is 13.1. The average molecular weight is 326 g/mol. The maximum atomic E-state index is 13.1. The number of anilines is 1. The molecule has 1 nitrogen and oxygen atoms in total. The first-order chi connectivity index (χ1) is 8.56. The van der Waals surface area contributed by atoms with Gasteiger partial charge in [0.1, 0.15) is 5.82 Å². The molecule has 0 aliphatic heterocycles. The zero-order chi connectivity index (χ0) is 13.1. The number of halogens is 2. The molecule has 2 N–H and O–H groups in total. The lowest BCUT2D eigenvalue weighted by Crippen LogP contribution is -1.88. The van der Waals surface area contributed by atoms with Crippen LogP contribution in [0.5, 0.6) is 0 Å². The van der Waals surface area contributed by atoms with E-state index in [0.29, 0.717) is 4.47 Å². The molecule has 0 bridgehead atoms. The standard InChI is InChI=1S/C14H13BrFNS/c1-9-6-11(17)3-5-14(9)18-8-10-2-4-13(16)12(15)7-10/h2-7H,8,17H2,1H3. The normalized spacial score (nSPS) is 10.6. The predicted octanol–water partition coefficient (Wildman–Crippen LogP) is 4.77. The molecular weight excluding hydrogens is 313 g/mol. The van der Waals surface area contributed by atoms with Gasteiger partial charge in [-0.3, -0.25) is 0 Å². The second-order valence-electron chi connectivity index (χ2n) is 4.06. The van der Waals surface area contributed by atoms with Gasteiger partial charge in [-0.25, -0.2) is 4.39 Å². The van der Waals surface area contributed by atoms with E-state index < -0.39 is 0 Å². The summed E-state index contributed by atoms with van der Waals surface area (Å²) in [4.78, 5) is 1.20. The van der Waals surface area contributed by atoms with E-state index in [1.54, 1.807) is 17.8 Å². The van der Waals surface area contributed by atoms with Gasteiger partial charge in [0.05, 0.1) is 4.47 Å². The van der Waals surface area contributed by atoms with E-state index in [9.17, 15) is 4.39 Å². The van der Waals surface area contributed by atoms with Crippen LogP contribution in [0.25, 0.3) is 0 Å². The van der Waals surface area contributed by atoms with E-state index in [0.717, 1.165) is 17.0 Å². The molecule has 0 saturated heterocycles. The fourth-order valence-corrected chi connectivity index (χ4v) is 3.00. The summed E-state index contributed by atoms with van der Waals surface area (Å²) in [6.07, 6.45) is 0. The summed E-state index contributed by atoms with van der Waals surface area (Å²) in [7, 11) is 0. The Balaban J connectivity index is 2.09. The summed E-state index contributed by atoms with van der Waals surface area (Å²) in [5.41, 5.74) is 8.75. The van der Waals surface area contributed by atoms with Gasteiger partial charge >= 0.3 is 0 Å². The number of hydrogen-bond donors (Lipinski definition) is 1. The SMILES string of the molecule is Cc1cc(N)ccc1SCc1ccc(F)c(Br)c1. The summed E-state index contributed by atoms with van der Waals surface area (Å²) in [5, 5.41) is 0. The quantitative estimate of drug-likeness (QED) is 0.649. The van der Waals surface area contributed by atoms with Crippen molar-refractivity contribution in [1.82, 2.24) is 0 Å². The largest absolute Gasteiger partial charge is 0.399 e. The van der Waals surface area contributed by atoms with Crippen molar-refractivity contribution in [2.75, 3.05) is 5.73 Å². The van der Waals surface area contributed by atoms with Crippen LogP contribution in [0.3, 0.4) is 0 Å². The van der Waals surface area contributed by atoms with E-state index in [4.69, 9.17) is 5.73 Å². The van der Waals surface area contributed by atoms with E-state index >= 15 is 0 Å². The number of nitrogens with two attached hydrogens (primary N) is 1. The van der Waals surface area contributed by atoms with Crippen molar-refractivity contribution < 1.29 is 4.39 Å². The molecular formula is C14H13BrFNS. The Labute approximate surface area is 119 Å². The van der Waals surface area contributed by atoms with Gasteiger partial charge < -0.3 is 5.73 Å². The highest BCUT2D eigenvalue weighted by Crippen LogP contribution is 2.28. The monoisotopic (exact) mass is 325 g/mol. The molecule has 2 aromatic rings. The van der Waals surface area contributed by atoms with Crippen LogP contribution in [0, 0.1) is 12.7 Å². The second kappa shape index (κ2) is 5.76. The maximum Gasteiger partial charge on any atom is 0.137 e. The molecule has 0 unspecified atom stereocenters. The van der Waals surface area contributed by atoms with E-state index in [-0.39, 0.29) is 5.82 Å². The van der Waals surface area contributed by atoms with Crippen molar-refractivity contribution in [3.63, 3.8) is 0 Å². The average Bonchev–Trinajstić information content (AvgIpc) is 2.32. The molecule has 0 aliphatic rings. The van der Waals surface area contributed by atoms with Crippen LogP contribution < -0.4 is 5.73 Å².